The van der Waals surface area contributed by atoms with Crippen LogP contribution in [0.1, 0.15) is 5.56 Å². The molecule has 0 saturated carbocycles. The molecule has 1 aliphatic rings. The van der Waals surface area contributed by atoms with Crippen LogP contribution in [0.3, 0.4) is 0 Å². The summed E-state index contributed by atoms with van der Waals surface area (Å²) in [6, 6.07) is 5.51. The van der Waals surface area contributed by atoms with Gasteiger partial charge in [0.2, 0.25) is 5.11 Å². The van der Waals surface area contributed by atoms with Gasteiger partial charge in [-0.3, -0.25) is 14.5 Å². The minimum Gasteiger partial charge on any atom is -0.275 e. The van der Waals surface area contributed by atoms with E-state index in [1.54, 1.807) is 0 Å². The van der Waals surface area contributed by atoms with E-state index >= 15 is 0 Å². The van der Waals surface area contributed by atoms with Crippen LogP contribution in [0.15, 0.2) is 42.0 Å². The van der Waals surface area contributed by atoms with E-state index in [1.807, 2.05) is 0 Å². The first-order chi connectivity index (χ1) is 9.54. The molecule has 1 saturated heterocycles. The van der Waals surface area contributed by atoms with Crippen LogP contribution < -0.4 is 0 Å². The summed E-state index contributed by atoms with van der Waals surface area (Å²) < 4.78 is 12.7. The molecule has 1 aromatic rings. The highest BCUT2D eigenvalue weighted by Gasteiger charge is 2.41. The molecule has 0 aliphatic carbocycles. The summed E-state index contributed by atoms with van der Waals surface area (Å²) in [7, 11) is 0. The zero-order valence-corrected chi connectivity index (χ0v) is 11.1. The second kappa shape index (κ2) is 5.70. The topological polar surface area (TPSA) is 53.0 Å². The van der Waals surface area contributed by atoms with Gasteiger partial charge < -0.3 is 0 Å². The van der Waals surface area contributed by atoms with Crippen LogP contribution in [0.25, 0.3) is 0 Å². The van der Waals surface area contributed by atoms with Crippen LogP contribution in [0.4, 0.5) is 4.39 Å². The van der Waals surface area contributed by atoms with Crippen molar-refractivity contribution in [2.24, 2.45) is 5.10 Å². The summed E-state index contributed by atoms with van der Waals surface area (Å²) in [6.45, 7) is 3.63. The van der Waals surface area contributed by atoms with Gasteiger partial charge in [0.05, 0.1) is 6.21 Å². The number of nitrogens with zero attached hydrogens (tertiary/aromatic N) is 3. The van der Waals surface area contributed by atoms with Crippen LogP contribution in [-0.4, -0.2) is 39.6 Å². The Morgan fingerprint density at radius 1 is 1.25 bits per heavy atom. The maximum absolute atomic E-state index is 12.7. The third kappa shape index (κ3) is 2.62. The van der Waals surface area contributed by atoms with Gasteiger partial charge in [-0.15, -0.1) is 6.58 Å². The smallest absolute Gasteiger partial charge is 0.275 e. The first-order valence-corrected chi connectivity index (χ1v) is 6.05. The molecule has 5 nitrogen and oxygen atoms in total. The number of thiocarbonyl (C=S) groups is 1. The Morgan fingerprint density at radius 2 is 1.90 bits per heavy atom. The van der Waals surface area contributed by atoms with Gasteiger partial charge in [-0.1, -0.05) is 18.2 Å². The molecule has 0 spiro atoms. The van der Waals surface area contributed by atoms with Gasteiger partial charge in [0.1, 0.15) is 5.82 Å². The SMILES string of the molecule is C=CCN1C(=O)C(=O)N(/N=C/c2ccc(F)cc2)C1=S. The van der Waals surface area contributed by atoms with E-state index in [9.17, 15) is 14.0 Å². The maximum Gasteiger partial charge on any atom is 0.339 e. The highest BCUT2D eigenvalue weighted by Crippen LogP contribution is 2.13. The van der Waals surface area contributed by atoms with E-state index in [1.165, 1.54) is 36.6 Å². The summed E-state index contributed by atoms with van der Waals surface area (Å²) in [5.74, 6) is -1.94. The Morgan fingerprint density at radius 3 is 2.50 bits per heavy atom. The minimum absolute atomic E-state index is 0.00161. The number of hydrazone groups is 1. The average Bonchev–Trinajstić information content (AvgIpc) is 2.63. The Kier molecular flexibility index (Phi) is 3.99. The summed E-state index contributed by atoms with van der Waals surface area (Å²) >= 11 is 5.01. The highest BCUT2D eigenvalue weighted by molar-refractivity contribution is 7.80. The Balaban J connectivity index is 2.18. The average molecular weight is 291 g/mol. The zero-order chi connectivity index (χ0) is 14.7. The fourth-order valence-corrected chi connectivity index (χ4v) is 1.85. The van der Waals surface area contributed by atoms with Gasteiger partial charge >= 0.3 is 11.8 Å². The lowest BCUT2D eigenvalue weighted by atomic mass is 10.2. The van der Waals surface area contributed by atoms with Crippen LogP contribution in [0, 0.1) is 5.82 Å². The predicted molar refractivity (Wildman–Crippen MR) is 75.3 cm³/mol. The van der Waals surface area contributed by atoms with Gasteiger partial charge in [0.25, 0.3) is 0 Å². The van der Waals surface area contributed by atoms with Gasteiger partial charge in [-0.05, 0) is 29.9 Å². The number of hydrogen-bond donors (Lipinski definition) is 0. The number of amides is 2. The van der Waals surface area contributed by atoms with Crippen molar-refractivity contribution in [2.45, 2.75) is 0 Å². The summed E-state index contributed by atoms with van der Waals surface area (Å²) in [6.07, 6.45) is 2.79. The molecule has 102 valence electrons. The van der Waals surface area contributed by atoms with Crippen LogP contribution >= 0.6 is 12.2 Å². The van der Waals surface area contributed by atoms with E-state index in [2.05, 4.69) is 11.7 Å². The molecule has 1 aromatic carbocycles. The van der Waals surface area contributed by atoms with E-state index in [4.69, 9.17) is 12.2 Å². The van der Waals surface area contributed by atoms with Crippen molar-refractivity contribution in [1.82, 2.24) is 9.91 Å². The summed E-state index contributed by atoms with van der Waals surface area (Å²) in [4.78, 5) is 24.5. The maximum atomic E-state index is 12.7. The number of carbonyl (C=O) groups is 2. The van der Waals surface area contributed by atoms with Gasteiger partial charge in [-0.2, -0.15) is 10.1 Å². The molecular weight excluding hydrogens is 281 g/mol. The van der Waals surface area contributed by atoms with Crippen LogP contribution in [0.5, 0.6) is 0 Å². The molecule has 0 radical (unpaired) electrons. The third-order valence-electron chi connectivity index (χ3n) is 2.54. The third-order valence-corrected chi connectivity index (χ3v) is 2.93. The molecule has 7 heteroatoms. The first kappa shape index (κ1) is 14.0. The largest absolute Gasteiger partial charge is 0.339 e. The molecule has 20 heavy (non-hydrogen) atoms. The van der Waals surface area contributed by atoms with Gasteiger partial charge in [-0.25, -0.2) is 4.39 Å². The van der Waals surface area contributed by atoms with E-state index in [-0.39, 0.29) is 17.5 Å². The van der Waals surface area contributed by atoms with Crippen molar-refractivity contribution in [1.29, 1.82) is 0 Å². The summed E-state index contributed by atoms with van der Waals surface area (Å²) in [5, 5.41) is 4.70. The summed E-state index contributed by atoms with van der Waals surface area (Å²) in [5.41, 5.74) is 0.580. The van der Waals surface area contributed by atoms with E-state index in [0.29, 0.717) is 5.56 Å². The zero-order valence-electron chi connectivity index (χ0n) is 10.3. The lowest BCUT2D eigenvalue weighted by Gasteiger charge is -2.12. The quantitative estimate of drug-likeness (QED) is 0.364. The molecule has 2 amide bonds. The molecule has 0 aromatic heterocycles. The van der Waals surface area contributed by atoms with Crippen molar-refractivity contribution >= 4 is 35.4 Å². The molecule has 2 rings (SSSR count). The van der Waals surface area contributed by atoms with Gasteiger partial charge in [0.15, 0.2) is 0 Å². The van der Waals surface area contributed by atoms with Crippen LogP contribution in [0.2, 0.25) is 0 Å². The molecule has 0 atom stereocenters. The number of carbonyl (C=O) groups excluding carboxylic acids is 2. The van der Waals surface area contributed by atoms with Crippen molar-refractivity contribution < 1.29 is 14.0 Å². The standard InChI is InChI=1S/C13H10FN3O2S/c1-2-7-16-11(18)12(19)17(13(16)20)15-8-9-3-5-10(14)6-4-9/h2-6,8H,1,7H2/b15-8+. The fourth-order valence-electron chi connectivity index (χ4n) is 1.56. The highest BCUT2D eigenvalue weighted by atomic mass is 32.1. The lowest BCUT2D eigenvalue weighted by molar-refractivity contribution is -0.143. The van der Waals surface area contributed by atoms with Crippen molar-refractivity contribution in [2.75, 3.05) is 6.54 Å². The second-order valence-electron chi connectivity index (χ2n) is 3.90. The minimum atomic E-state index is -0.824. The molecule has 0 unspecified atom stereocenters. The molecular formula is C13H10FN3O2S. The fraction of sp³-hybridized carbons (Fsp3) is 0.0769. The normalized spacial score (nSPS) is 15.6. The number of benzene rings is 1. The monoisotopic (exact) mass is 291 g/mol. The Labute approximate surface area is 120 Å². The predicted octanol–water partition coefficient (Wildman–Crippen LogP) is 1.30. The van der Waals surface area contributed by atoms with E-state index < -0.39 is 11.8 Å². The molecule has 1 fully saturated rings. The number of rotatable bonds is 4. The van der Waals surface area contributed by atoms with Crippen molar-refractivity contribution in [3.05, 3.63) is 48.3 Å². The molecule has 1 aliphatic heterocycles. The Bertz CT molecular complexity index is 613. The lowest BCUT2D eigenvalue weighted by Crippen LogP contribution is -2.31. The number of halogens is 1. The first-order valence-electron chi connectivity index (χ1n) is 5.65. The van der Waals surface area contributed by atoms with E-state index in [0.717, 1.165) is 9.91 Å². The molecule has 0 N–H and O–H groups in total. The van der Waals surface area contributed by atoms with Crippen molar-refractivity contribution in [3.8, 4) is 0 Å². The molecule has 0 bridgehead atoms. The van der Waals surface area contributed by atoms with Gasteiger partial charge in [0, 0.05) is 6.54 Å². The van der Waals surface area contributed by atoms with Crippen LogP contribution in [-0.2, 0) is 9.59 Å². The second-order valence-corrected chi connectivity index (χ2v) is 4.27. The molecule has 1 heterocycles. The Hall–Kier alpha value is -2.41. The van der Waals surface area contributed by atoms with Crippen molar-refractivity contribution in [3.63, 3.8) is 0 Å². The number of hydrogen-bond acceptors (Lipinski definition) is 4.